The molecule has 0 spiro atoms. The Morgan fingerprint density at radius 3 is 2.89 bits per heavy atom. The summed E-state index contributed by atoms with van der Waals surface area (Å²) in [6.07, 6.45) is 3.33. The van der Waals surface area contributed by atoms with E-state index in [1.165, 1.54) is 5.56 Å². The molecule has 0 radical (unpaired) electrons. The van der Waals surface area contributed by atoms with Crippen molar-refractivity contribution in [2.24, 2.45) is 0 Å². The molecule has 0 fully saturated rings. The fraction of sp³-hybridized carbons (Fsp3) is 0.154. The first-order valence-corrected chi connectivity index (χ1v) is 5.73. The summed E-state index contributed by atoms with van der Waals surface area (Å²) < 4.78 is 1.82. The molecule has 2 aromatic heterocycles. The minimum Gasteiger partial charge on any atom is -0.372 e. The van der Waals surface area contributed by atoms with E-state index in [9.17, 15) is 0 Å². The van der Waals surface area contributed by atoms with Crippen LogP contribution in [0.1, 0.15) is 5.56 Å². The average molecular weight is 239 g/mol. The predicted molar refractivity (Wildman–Crippen MR) is 70.9 cm³/mol. The number of nitrogens with zero attached hydrogens (tertiary/aromatic N) is 4. The van der Waals surface area contributed by atoms with Gasteiger partial charge < -0.3 is 5.32 Å². The van der Waals surface area contributed by atoms with Gasteiger partial charge in [0.1, 0.15) is 12.1 Å². The van der Waals surface area contributed by atoms with Crippen molar-refractivity contribution in [1.29, 1.82) is 0 Å². The van der Waals surface area contributed by atoms with Crippen LogP contribution in [-0.4, -0.2) is 26.8 Å². The van der Waals surface area contributed by atoms with Gasteiger partial charge in [-0.2, -0.15) is 5.10 Å². The first-order valence-electron chi connectivity index (χ1n) is 5.73. The minimum atomic E-state index is 0.791. The number of benzene rings is 1. The third-order valence-electron chi connectivity index (χ3n) is 2.85. The molecule has 0 aliphatic rings. The summed E-state index contributed by atoms with van der Waals surface area (Å²) in [6, 6.07) is 8.16. The minimum absolute atomic E-state index is 0.791. The van der Waals surface area contributed by atoms with Crippen LogP contribution in [0.3, 0.4) is 0 Å². The van der Waals surface area contributed by atoms with Crippen LogP contribution in [0, 0.1) is 6.92 Å². The molecule has 5 nitrogen and oxygen atoms in total. The van der Waals surface area contributed by atoms with E-state index < -0.39 is 0 Å². The van der Waals surface area contributed by atoms with Gasteiger partial charge in [0, 0.05) is 7.05 Å². The van der Waals surface area contributed by atoms with E-state index in [2.05, 4.69) is 39.4 Å². The molecule has 3 aromatic rings. The van der Waals surface area contributed by atoms with Gasteiger partial charge in [0.25, 0.3) is 0 Å². The van der Waals surface area contributed by atoms with Crippen LogP contribution in [0.5, 0.6) is 0 Å². The summed E-state index contributed by atoms with van der Waals surface area (Å²) in [7, 11) is 1.84. The molecule has 1 N–H and O–H groups in total. The van der Waals surface area contributed by atoms with Crippen molar-refractivity contribution in [3.05, 3.63) is 42.4 Å². The van der Waals surface area contributed by atoms with Gasteiger partial charge in [-0.05, 0) is 24.6 Å². The summed E-state index contributed by atoms with van der Waals surface area (Å²) in [6.45, 7) is 2.06. The fourth-order valence-corrected chi connectivity index (χ4v) is 1.99. The first-order chi connectivity index (χ1) is 8.79. The standard InChI is InChI=1S/C13H13N5/c1-9-4-3-5-10(6-9)18-13-11(7-17-18)12(14-2)15-8-16-13/h3-8H,1-2H3,(H,14,15,16). The van der Waals surface area contributed by atoms with Gasteiger partial charge in [-0.15, -0.1) is 0 Å². The highest BCUT2D eigenvalue weighted by Crippen LogP contribution is 2.21. The van der Waals surface area contributed by atoms with Crippen LogP contribution >= 0.6 is 0 Å². The lowest BCUT2D eigenvalue weighted by Crippen LogP contribution is -1.99. The summed E-state index contributed by atoms with van der Waals surface area (Å²) in [5.41, 5.74) is 3.00. The fourth-order valence-electron chi connectivity index (χ4n) is 1.99. The summed E-state index contributed by atoms with van der Waals surface area (Å²) in [4.78, 5) is 8.48. The highest BCUT2D eigenvalue weighted by atomic mass is 15.3. The number of rotatable bonds is 2. The Kier molecular flexibility index (Phi) is 2.44. The normalized spacial score (nSPS) is 10.8. The monoisotopic (exact) mass is 239 g/mol. The first kappa shape index (κ1) is 10.7. The topological polar surface area (TPSA) is 55.6 Å². The maximum absolute atomic E-state index is 4.39. The lowest BCUT2D eigenvalue weighted by atomic mass is 10.2. The van der Waals surface area contributed by atoms with Crippen LogP contribution in [-0.2, 0) is 0 Å². The molecule has 90 valence electrons. The number of hydrogen-bond donors (Lipinski definition) is 1. The molecule has 5 heteroatoms. The second-order valence-corrected chi connectivity index (χ2v) is 4.10. The largest absolute Gasteiger partial charge is 0.372 e. The Morgan fingerprint density at radius 2 is 2.11 bits per heavy atom. The molecule has 0 bridgehead atoms. The zero-order chi connectivity index (χ0) is 12.5. The third-order valence-corrected chi connectivity index (χ3v) is 2.85. The molecule has 0 saturated heterocycles. The second-order valence-electron chi connectivity index (χ2n) is 4.10. The summed E-state index contributed by atoms with van der Waals surface area (Å²) in [5, 5.41) is 8.35. The summed E-state index contributed by atoms with van der Waals surface area (Å²) in [5.74, 6) is 0.791. The van der Waals surface area contributed by atoms with Crippen LogP contribution in [0.2, 0.25) is 0 Å². The SMILES string of the molecule is CNc1ncnc2c1cnn2-c1cccc(C)c1. The number of fused-ring (bicyclic) bond motifs is 1. The average Bonchev–Trinajstić information content (AvgIpc) is 2.82. The highest BCUT2D eigenvalue weighted by Gasteiger charge is 2.09. The molecule has 3 rings (SSSR count). The van der Waals surface area contributed by atoms with E-state index >= 15 is 0 Å². The molecule has 0 aliphatic heterocycles. The zero-order valence-corrected chi connectivity index (χ0v) is 10.3. The third kappa shape index (κ3) is 1.60. The number of nitrogens with one attached hydrogen (secondary N) is 1. The number of aryl methyl sites for hydroxylation is 1. The van der Waals surface area contributed by atoms with Crippen LogP contribution < -0.4 is 5.32 Å². The molecule has 0 amide bonds. The van der Waals surface area contributed by atoms with Crippen molar-refractivity contribution in [3.63, 3.8) is 0 Å². The van der Waals surface area contributed by atoms with Gasteiger partial charge >= 0.3 is 0 Å². The number of hydrogen-bond acceptors (Lipinski definition) is 4. The molecule has 0 unspecified atom stereocenters. The van der Waals surface area contributed by atoms with E-state index in [0.29, 0.717) is 0 Å². The quantitative estimate of drug-likeness (QED) is 0.744. The molecule has 0 aliphatic carbocycles. The maximum Gasteiger partial charge on any atom is 0.168 e. The van der Waals surface area contributed by atoms with E-state index in [4.69, 9.17) is 0 Å². The van der Waals surface area contributed by atoms with Crippen molar-refractivity contribution in [3.8, 4) is 5.69 Å². The van der Waals surface area contributed by atoms with Gasteiger partial charge in [0.05, 0.1) is 17.3 Å². The van der Waals surface area contributed by atoms with Crippen LogP contribution in [0.25, 0.3) is 16.7 Å². The molecule has 0 saturated carbocycles. The van der Waals surface area contributed by atoms with Crippen molar-refractivity contribution in [2.75, 3.05) is 12.4 Å². The number of anilines is 1. The predicted octanol–water partition coefficient (Wildman–Crippen LogP) is 2.17. The molecule has 18 heavy (non-hydrogen) atoms. The van der Waals surface area contributed by atoms with E-state index in [1.54, 1.807) is 12.5 Å². The van der Waals surface area contributed by atoms with Gasteiger partial charge in [0.2, 0.25) is 0 Å². The van der Waals surface area contributed by atoms with Gasteiger partial charge in [0.15, 0.2) is 5.65 Å². The van der Waals surface area contributed by atoms with Crippen LogP contribution in [0.4, 0.5) is 5.82 Å². The maximum atomic E-state index is 4.39. The Labute approximate surface area is 104 Å². The van der Waals surface area contributed by atoms with Crippen molar-refractivity contribution in [2.45, 2.75) is 6.92 Å². The number of aromatic nitrogens is 4. The lowest BCUT2D eigenvalue weighted by Gasteiger charge is -2.04. The lowest BCUT2D eigenvalue weighted by molar-refractivity contribution is 0.894. The Balaban J connectivity index is 2.25. The Hall–Kier alpha value is -2.43. The van der Waals surface area contributed by atoms with Gasteiger partial charge in [-0.3, -0.25) is 0 Å². The highest BCUT2D eigenvalue weighted by molar-refractivity contribution is 5.86. The van der Waals surface area contributed by atoms with Crippen LogP contribution in [0.15, 0.2) is 36.8 Å². The molecular weight excluding hydrogens is 226 g/mol. The molecular formula is C13H13N5. The Morgan fingerprint density at radius 1 is 1.22 bits per heavy atom. The zero-order valence-electron chi connectivity index (χ0n) is 10.3. The van der Waals surface area contributed by atoms with Crippen molar-refractivity contribution < 1.29 is 0 Å². The second kappa shape index (κ2) is 4.10. The summed E-state index contributed by atoms with van der Waals surface area (Å²) >= 11 is 0. The Bertz CT molecular complexity index is 701. The van der Waals surface area contributed by atoms with Gasteiger partial charge in [-0.1, -0.05) is 12.1 Å². The van der Waals surface area contributed by atoms with E-state index in [-0.39, 0.29) is 0 Å². The smallest absolute Gasteiger partial charge is 0.168 e. The van der Waals surface area contributed by atoms with Crippen molar-refractivity contribution >= 4 is 16.9 Å². The molecule has 1 aromatic carbocycles. The van der Waals surface area contributed by atoms with E-state index in [1.807, 2.05) is 23.9 Å². The molecule has 0 atom stereocenters. The molecule has 2 heterocycles. The van der Waals surface area contributed by atoms with Gasteiger partial charge in [-0.25, -0.2) is 14.6 Å². The van der Waals surface area contributed by atoms with Crippen molar-refractivity contribution in [1.82, 2.24) is 19.7 Å². The van der Waals surface area contributed by atoms with E-state index in [0.717, 1.165) is 22.5 Å².